The van der Waals surface area contributed by atoms with Crippen LogP contribution in [0.15, 0.2) is 65.8 Å². The van der Waals surface area contributed by atoms with E-state index in [4.69, 9.17) is 21.1 Å². The maximum absolute atomic E-state index is 12.2. The van der Waals surface area contributed by atoms with Gasteiger partial charge in [-0.25, -0.2) is 9.79 Å². The Balaban J connectivity index is 1.94. The number of hydrogen-bond donors (Lipinski definition) is 0. The summed E-state index contributed by atoms with van der Waals surface area (Å²) in [5.41, 5.74) is 0.827. The van der Waals surface area contributed by atoms with E-state index in [9.17, 15) is 14.9 Å². The Morgan fingerprint density at radius 3 is 2.78 bits per heavy atom. The Hall–Kier alpha value is -3.45. The van der Waals surface area contributed by atoms with Crippen LogP contribution in [0.25, 0.3) is 6.08 Å². The molecule has 0 saturated carbocycles. The minimum atomic E-state index is -0.655. The molecule has 1 aliphatic rings. The first kappa shape index (κ1) is 18.3. The Morgan fingerprint density at radius 2 is 2.07 bits per heavy atom. The summed E-state index contributed by atoms with van der Waals surface area (Å²) in [7, 11) is 0. The molecule has 2 aromatic carbocycles. The zero-order valence-corrected chi connectivity index (χ0v) is 14.7. The molecule has 1 aliphatic heterocycles. The molecule has 0 N–H and O–H groups in total. The summed E-state index contributed by atoms with van der Waals surface area (Å²) in [5, 5.41) is 10.9. The fourth-order valence-electron chi connectivity index (χ4n) is 2.34. The standard InChI is InChI=1S/C19H13ClN2O5/c1-2-9-26-17-6-4-3-5-12(17)10-16-19(23)27-18(21-16)14-8-7-13(22(24)25)11-15(14)20/h2-8,10-11H,1,9H2/b16-10-. The second-order valence-electron chi connectivity index (χ2n) is 5.39. The summed E-state index contributed by atoms with van der Waals surface area (Å²) in [4.78, 5) is 26.6. The number of ether oxygens (including phenoxy) is 2. The number of nitrogens with zero attached hydrogens (tertiary/aromatic N) is 2. The van der Waals surface area contributed by atoms with Crippen LogP contribution in [-0.4, -0.2) is 23.4 Å². The summed E-state index contributed by atoms with van der Waals surface area (Å²) in [6.45, 7) is 3.92. The molecule has 2 aromatic rings. The summed E-state index contributed by atoms with van der Waals surface area (Å²) in [6.07, 6.45) is 3.15. The lowest BCUT2D eigenvalue weighted by Gasteiger charge is -2.06. The molecule has 0 radical (unpaired) electrons. The number of non-ortho nitro benzene ring substituents is 1. The molecule has 1 heterocycles. The first-order valence-electron chi connectivity index (χ1n) is 7.79. The van der Waals surface area contributed by atoms with Crippen molar-refractivity contribution in [3.63, 3.8) is 0 Å². The van der Waals surface area contributed by atoms with Crippen molar-refractivity contribution >= 4 is 35.2 Å². The topological polar surface area (TPSA) is 91.0 Å². The highest BCUT2D eigenvalue weighted by molar-refractivity contribution is 6.34. The molecule has 8 heteroatoms. The van der Waals surface area contributed by atoms with Crippen LogP contribution in [0.3, 0.4) is 0 Å². The van der Waals surface area contributed by atoms with Gasteiger partial charge >= 0.3 is 5.97 Å². The number of nitro groups is 1. The molecule has 0 fully saturated rings. The number of carbonyl (C=O) groups excluding carboxylic acids is 1. The predicted octanol–water partition coefficient (Wildman–Crippen LogP) is 4.16. The van der Waals surface area contributed by atoms with Crippen molar-refractivity contribution in [2.45, 2.75) is 0 Å². The van der Waals surface area contributed by atoms with Gasteiger partial charge < -0.3 is 9.47 Å². The van der Waals surface area contributed by atoms with Crippen LogP contribution in [0, 0.1) is 10.1 Å². The SMILES string of the molecule is C=CCOc1ccccc1/C=C1\N=C(c2ccc([N+](=O)[O-])cc2Cl)OC1=O. The maximum atomic E-state index is 12.2. The lowest BCUT2D eigenvalue weighted by atomic mass is 10.1. The molecular weight excluding hydrogens is 372 g/mol. The number of rotatable bonds is 6. The quantitative estimate of drug-likeness (QED) is 0.245. The van der Waals surface area contributed by atoms with E-state index < -0.39 is 10.9 Å². The van der Waals surface area contributed by atoms with Gasteiger partial charge in [0.1, 0.15) is 12.4 Å². The van der Waals surface area contributed by atoms with Gasteiger partial charge in [-0.1, -0.05) is 42.5 Å². The highest BCUT2D eigenvalue weighted by Gasteiger charge is 2.26. The largest absolute Gasteiger partial charge is 0.489 e. The van der Waals surface area contributed by atoms with E-state index in [2.05, 4.69) is 11.6 Å². The van der Waals surface area contributed by atoms with E-state index in [0.717, 1.165) is 0 Å². The number of benzene rings is 2. The Morgan fingerprint density at radius 1 is 1.30 bits per heavy atom. The average Bonchev–Trinajstić information content (AvgIpc) is 3.01. The smallest absolute Gasteiger partial charge is 0.363 e. The van der Waals surface area contributed by atoms with E-state index in [0.29, 0.717) is 17.9 Å². The Bertz CT molecular complexity index is 997. The molecule has 0 aliphatic carbocycles. The highest BCUT2D eigenvalue weighted by Crippen LogP contribution is 2.28. The molecule has 3 rings (SSSR count). The van der Waals surface area contributed by atoms with Gasteiger partial charge in [-0.15, -0.1) is 0 Å². The third-order valence-electron chi connectivity index (χ3n) is 3.58. The number of nitro benzene ring substituents is 1. The van der Waals surface area contributed by atoms with Crippen LogP contribution in [0.1, 0.15) is 11.1 Å². The van der Waals surface area contributed by atoms with Gasteiger partial charge in [0.15, 0.2) is 5.70 Å². The Labute approximate surface area is 159 Å². The molecule has 0 saturated heterocycles. The minimum Gasteiger partial charge on any atom is -0.489 e. The molecule has 0 bridgehead atoms. The van der Waals surface area contributed by atoms with Crippen LogP contribution >= 0.6 is 11.6 Å². The molecule has 0 spiro atoms. The summed E-state index contributed by atoms with van der Waals surface area (Å²) < 4.78 is 10.7. The Kier molecular flexibility index (Phi) is 5.33. The van der Waals surface area contributed by atoms with E-state index in [-0.39, 0.29) is 27.9 Å². The summed E-state index contributed by atoms with van der Waals surface area (Å²) in [6, 6.07) is 10.9. The van der Waals surface area contributed by atoms with Crippen LogP contribution in [0.2, 0.25) is 5.02 Å². The van der Waals surface area contributed by atoms with E-state index >= 15 is 0 Å². The number of aliphatic imine (C=N–C) groups is 1. The lowest BCUT2D eigenvalue weighted by Crippen LogP contribution is -2.06. The molecular formula is C19H13ClN2O5. The summed E-state index contributed by atoms with van der Waals surface area (Å²) in [5.74, 6) is -0.108. The number of hydrogen-bond acceptors (Lipinski definition) is 6. The highest BCUT2D eigenvalue weighted by atomic mass is 35.5. The van der Waals surface area contributed by atoms with Gasteiger partial charge in [-0.2, -0.15) is 0 Å². The van der Waals surface area contributed by atoms with E-state index in [1.807, 2.05) is 0 Å². The van der Waals surface area contributed by atoms with Crippen molar-refractivity contribution in [1.82, 2.24) is 0 Å². The third kappa shape index (κ3) is 4.04. The van der Waals surface area contributed by atoms with Gasteiger partial charge in [-0.05, 0) is 18.2 Å². The second-order valence-corrected chi connectivity index (χ2v) is 5.80. The zero-order chi connectivity index (χ0) is 19.4. The number of para-hydroxylation sites is 1. The minimum absolute atomic E-state index is 0.0179. The van der Waals surface area contributed by atoms with Crippen LogP contribution in [-0.2, 0) is 9.53 Å². The number of carbonyl (C=O) groups is 1. The first-order valence-corrected chi connectivity index (χ1v) is 8.17. The van der Waals surface area contributed by atoms with Crippen LogP contribution in [0.4, 0.5) is 5.69 Å². The van der Waals surface area contributed by atoms with Gasteiger partial charge in [0, 0.05) is 17.7 Å². The van der Waals surface area contributed by atoms with Crippen LogP contribution < -0.4 is 4.74 Å². The first-order chi connectivity index (χ1) is 13.0. The molecule has 0 unspecified atom stereocenters. The zero-order valence-electron chi connectivity index (χ0n) is 13.9. The lowest BCUT2D eigenvalue weighted by molar-refractivity contribution is -0.384. The molecule has 136 valence electrons. The van der Waals surface area contributed by atoms with Crippen molar-refractivity contribution in [3.05, 3.63) is 87.1 Å². The van der Waals surface area contributed by atoms with Crippen molar-refractivity contribution in [2.24, 2.45) is 4.99 Å². The van der Waals surface area contributed by atoms with Crippen molar-refractivity contribution in [1.29, 1.82) is 0 Å². The number of halogens is 1. The molecule has 0 amide bonds. The van der Waals surface area contributed by atoms with Crippen molar-refractivity contribution < 1.29 is 19.2 Å². The molecule has 0 aromatic heterocycles. The van der Waals surface area contributed by atoms with E-state index in [1.165, 1.54) is 24.3 Å². The predicted molar refractivity (Wildman–Crippen MR) is 101 cm³/mol. The van der Waals surface area contributed by atoms with E-state index in [1.54, 1.807) is 30.3 Å². The second kappa shape index (κ2) is 7.84. The normalized spacial score (nSPS) is 14.6. The fraction of sp³-hybridized carbons (Fsp3) is 0.0526. The average molecular weight is 385 g/mol. The van der Waals surface area contributed by atoms with Gasteiger partial charge in [-0.3, -0.25) is 10.1 Å². The monoisotopic (exact) mass is 384 g/mol. The molecule has 7 nitrogen and oxygen atoms in total. The van der Waals surface area contributed by atoms with Crippen molar-refractivity contribution in [2.75, 3.05) is 6.61 Å². The third-order valence-corrected chi connectivity index (χ3v) is 3.90. The fourth-order valence-corrected chi connectivity index (χ4v) is 2.60. The molecule has 0 atom stereocenters. The number of esters is 1. The van der Waals surface area contributed by atoms with Crippen molar-refractivity contribution in [3.8, 4) is 5.75 Å². The van der Waals surface area contributed by atoms with Crippen LogP contribution in [0.5, 0.6) is 5.75 Å². The number of cyclic esters (lactones) is 1. The maximum Gasteiger partial charge on any atom is 0.363 e. The molecule has 27 heavy (non-hydrogen) atoms. The van der Waals surface area contributed by atoms with Gasteiger partial charge in [0.05, 0.1) is 15.5 Å². The summed E-state index contributed by atoms with van der Waals surface area (Å²) >= 11 is 6.07. The van der Waals surface area contributed by atoms with Gasteiger partial charge in [0.2, 0.25) is 5.90 Å². The van der Waals surface area contributed by atoms with Gasteiger partial charge in [0.25, 0.3) is 5.69 Å².